The molecule has 0 saturated carbocycles. The van der Waals surface area contributed by atoms with Crippen LogP contribution in [-0.4, -0.2) is 45.0 Å². The van der Waals surface area contributed by atoms with Crippen LogP contribution in [0.5, 0.6) is 5.88 Å². The number of pyridine rings is 1. The van der Waals surface area contributed by atoms with Gasteiger partial charge in [-0.2, -0.15) is 0 Å². The molecule has 150 valence electrons. The zero-order chi connectivity index (χ0) is 20.8. The van der Waals surface area contributed by atoms with Gasteiger partial charge in [0.15, 0.2) is 5.82 Å². The lowest BCUT2D eigenvalue weighted by molar-refractivity contribution is 0.0647. The van der Waals surface area contributed by atoms with Crippen LogP contribution in [0.1, 0.15) is 29.8 Å². The second-order valence-electron chi connectivity index (χ2n) is 6.69. The number of rotatable bonds is 7. The van der Waals surface area contributed by atoms with E-state index in [1.807, 2.05) is 26.8 Å². The van der Waals surface area contributed by atoms with Gasteiger partial charge in [0.1, 0.15) is 12.4 Å². The van der Waals surface area contributed by atoms with E-state index in [1.165, 1.54) is 18.2 Å². The number of benzene rings is 1. The van der Waals surface area contributed by atoms with E-state index in [1.54, 1.807) is 35.6 Å². The molecule has 0 aliphatic carbocycles. The van der Waals surface area contributed by atoms with Gasteiger partial charge in [0.2, 0.25) is 5.88 Å². The Morgan fingerprint density at radius 2 is 1.93 bits per heavy atom. The summed E-state index contributed by atoms with van der Waals surface area (Å²) in [5, 5.41) is 0. The minimum atomic E-state index is -0.450. The lowest BCUT2D eigenvalue weighted by atomic mass is 10.0. The molecule has 3 rings (SSSR count). The predicted octanol–water partition coefficient (Wildman–Crippen LogP) is 3.92. The van der Waals surface area contributed by atoms with Gasteiger partial charge in [0.25, 0.3) is 5.91 Å². The maximum absolute atomic E-state index is 13.9. The van der Waals surface area contributed by atoms with Crippen molar-refractivity contribution in [3.05, 3.63) is 71.9 Å². The first-order valence-electron chi connectivity index (χ1n) is 9.43. The Morgan fingerprint density at radius 3 is 2.59 bits per heavy atom. The molecule has 29 heavy (non-hydrogen) atoms. The van der Waals surface area contributed by atoms with Gasteiger partial charge in [-0.3, -0.25) is 4.79 Å². The molecular weight excluding hydrogens is 371 g/mol. The fourth-order valence-corrected chi connectivity index (χ4v) is 2.97. The summed E-state index contributed by atoms with van der Waals surface area (Å²) < 4.78 is 19.6. The Kier molecular flexibility index (Phi) is 6.49. The average molecular weight is 394 g/mol. The molecule has 2 aromatic heterocycles. The fourth-order valence-electron chi connectivity index (χ4n) is 2.97. The standard InChI is InChI=1S/C22H23FN4O2/c1-4-27(16(3)14-29-20-9-6-15(2)13-26-20)22(28)18-8-7-17(23)12-19(18)21-24-10-5-11-25-21/h5-13,16H,4,14H2,1-3H3/t16-/m0/s1. The number of carbonyl (C=O) groups excluding carboxylic acids is 1. The molecule has 0 bridgehead atoms. The van der Waals surface area contributed by atoms with E-state index >= 15 is 0 Å². The third kappa shape index (κ3) is 4.93. The molecule has 2 heterocycles. The van der Waals surface area contributed by atoms with Crippen molar-refractivity contribution in [3.8, 4) is 17.3 Å². The average Bonchev–Trinajstić information content (AvgIpc) is 2.74. The molecular formula is C22H23FN4O2. The Balaban J connectivity index is 1.81. The summed E-state index contributed by atoms with van der Waals surface area (Å²) in [7, 11) is 0. The monoisotopic (exact) mass is 394 g/mol. The third-order valence-corrected chi connectivity index (χ3v) is 4.51. The predicted molar refractivity (Wildman–Crippen MR) is 108 cm³/mol. The van der Waals surface area contributed by atoms with Crippen molar-refractivity contribution in [2.75, 3.05) is 13.2 Å². The summed E-state index contributed by atoms with van der Waals surface area (Å²) >= 11 is 0. The molecule has 0 aliphatic heterocycles. The highest BCUT2D eigenvalue weighted by molar-refractivity contribution is 6.00. The van der Waals surface area contributed by atoms with Crippen LogP contribution in [0.4, 0.5) is 4.39 Å². The minimum absolute atomic E-state index is 0.217. The molecule has 1 aromatic carbocycles. The lowest BCUT2D eigenvalue weighted by Crippen LogP contribution is -2.42. The second kappa shape index (κ2) is 9.23. The highest BCUT2D eigenvalue weighted by atomic mass is 19.1. The Labute approximate surface area is 169 Å². The molecule has 1 atom stereocenters. The van der Waals surface area contributed by atoms with Crippen LogP contribution in [0.3, 0.4) is 0 Å². The zero-order valence-corrected chi connectivity index (χ0v) is 16.7. The smallest absolute Gasteiger partial charge is 0.254 e. The summed E-state index contributed by atoms with van der Waals surface area (Å²) in [6, 6.07) is 9.19. The number of nitrogens with zero attached hydrogens (tertiary/aromatic N) is 4. The number of amides is 1. The molecule has 6 nitrogen and oxygen atoms in total. The van der Waals surface area contributed by atoms with Crippen LogP contribution in [0.15, 0.2) is 55.0 Å². The zero-order valence-electron chi connectivity index (χ0n) is 16.7. The Bertz CT molecular complexity index is 964. The minimum Gasteiger partial charge on any atom is -0.475 e. The normalized spacial score (nSPS) is 11.7. The van der Waals surface area contributed by atoms with Crippen LogP contribution in [0.2, 0.25) is 0 Å². The molecule has 3 aromatic rings. The molecule has 0 unspecified atom stereocenters. The molecule has 0 saturated heterocycles. The number of likely N-dealkylation sites (N-methyl/N-ethyl adjacent to an activating group) is 1. The highest BCUT2D eigenvalue weighted by Gasteiger charge is 2.24. The maximum atomic E-state index is 13.9. The van der Waals surface area contributed by atoms with Crippen molar-refractivity contribution in [3.63, 3.8) is 0 Å². The van der Waals surface area contributed by atoms with Crippen LogP contribution >= 0.6 is 0 Å². The summed E-state index contributed by atoms with van der Waals surface area (Å²) in [4.78, 5) is 27.5. The summed E-state index contributed by atoms with van der Waals surface area (Å²) in [5.41, 5.74) is 1.75. The maximum Gasteiger partial charge on any atom is 0.254 e. The first-order chi connectivity index (χ1) is 14.0. The van der Waals surface area contributed by atoms with E-state index in [0.717, 1.165) is 5.56 Å². The Hall–Kier alpha value is -3.35. The number of halogens is 1. The quantitative estimate of drug-likeness (QED) is 0.608. The summed E-state index contributed by atoms with van der Waals surface area (Å²) in [6.45, 7) is 6.50. The van der Waals surface area contributed by atoms with Crippen LogP contribution in [-0.2, 0) is 0 Å². The number of ether oxygens (including phenoxy) is 1. The summed E-state index contributed by atoms with van der Waals surface area (Å²) in [6.07, 6.45) is 4.85. The number of hydrogen-bond donors (Lipinski definition) is 0. The van der Waals surface area contributed by atoms with Crippen molar-refractivity contribution in [2.24, 2.45) is 0 Å². The molecule has 0 aliphatic rings. The molecule has 1 amide bonds. The number of carbonyl (C=O) groups is 1. The van der Waals surface area contributed by atoms with E-state index in [4.69, 9.17) is 4.74 Å². The van der Waals surface area contributed by atoms with E-state index in [2.05, 4.69) is 15.0 Å². The molecule has 0 spiro atoms. The van der Waals surface area contributed by atoms with E-state index in [9.17, 15) is 9.18 Å². The van der Waals surface area contributed by atoms with Gasteiger partial charge in [-0.15, -0.1) is 0 Å². The number of hydrogen-bond acceptors (Lipinski definition) is 5. The van der Waals surface area contributed by atoms with E-state index in [0.29, 0.717) is 29.4 Å². The number of aryl methyl sites for hydroxylation is 1. The first-order valence-corrected chi connectivity index (χ1v) is 9.43. The largest absolute Gasteiger partial charge is 0.475 e. The van der Waals surface area contributed by atoms with Gasteiger partial charge in [-0.25, -0.2) is 19.3 Å². The molecule has 0 fully saturated rings. The fraction of sp³-hybridized carbons (Fsp3) is 0.273. The first kappa shape index (κ1) is 20.4. The molecule has 0 radical (unpaired) electrons. The van der Waals surface area contributed by atoms with Crippen molar-refractivity contribution < 1.29 is 13.9 Å². The second-order valence-corrected chi connectivity index (χ2v) is 6.69. The van der Waals surface area contributed by atoms with Crippen molar-refractivity contribution >= 4 is 5.91 Å². The van der Waals surface area contributed by atoms with Crippen LogP contribution < -0.4 is 4.74 Å². The van der Waals surface area contributed by atoms with Gasteiger partial charge < -0.3 is 9.64 Å². The molecule has 0 N–H and O–H groups in total. The van der Waals surface area contributed by atoms with Crippen molar-refractivity contribution in [2.45, 2.75) is 26.8 Å². The van der Waals surface area contributed by atoms with E-state index in [-0.39, 0.29) is 18.6 Å². The molecule has 7 heteroatoms. The van der Waals surface area contributed by atoms with Gasteiger partial charge in [0, 0.05) is 36.8 Å². The van der Waals surface area contributed by atoms with Gasteiger partial charge in [-0.05, 0) is 50.6 Å². The summed E-state index contributed by atoms with van der Waals surface area (Å²) in [5.74, 6) is 0.127. The topological polar surface area (TPSA) is 68.2 Å². The number of aromatic nitrogens is 3. The van der Waals surface area contributed by atoms with Crippen LogP contribution in [0.25, 0.3) is 11.4 Å². The lowest BCUT2D eigenvalue weighted by Gasteiger charge is -2.28. The van der Waals surface area contributed by atoms with Gasteiger partial charge in [0.05, 0.1) is 11.6 Å². The Morgan fingerprint density at radius 1 is 1.17 bits per heavy atom. The van der Waals surface area contributed by atoms with Gasteiger partial charge in [-0.1, -0.05) is 6.07 Å². The highest BCUT2D eigenvalue weighted by Crippen LogP contribution is 2.23. The third-order valence-electron chi connectivity index (χ3n) is 4.51. The van der Waals surface area contributed by atoms with Crippen LogP contribution in [0, 0.1) is 12.7 Å². The van der Waals surface area contributed by atoms with Crippen molar-refractivity contribution in [1.82, 2.24) is 19.9 Å². The van der Waals surface area contributed by atoms with Gasteiger partial charge >= 0.3 is 0 Å². The van der Waals surface area contributed by atoms with Crippen molar-refractivity contribution in [1.29, 1.82) is 0 Å². The van der Waals surface area contributed by atoms with E-state index < -0.39 is 5.82 Å². The SMILES string of the molecule is CCN(C(=O)c1ccc(F)cc1-c1ncccn1)[C@@H](C)COc1ccc(C)cn1.